The molecule has 2 aromatic rings. The van der Waals surface area contributed by atoms with E-state index in [1.54, 1.807) is 17.9 Å². The number of aryl methyl sites for hydroxylation is 1. The molecule has 1 aliphatic rings. The van der Waals surface area contributed by atoms with Gasteiger partial charge < -0.3 is 9.32 Å². The SMILES string of the molecule is Cc1cc(S(=O)(=O)NCC2CCN(C(=O)c3ccoc3)CC2)c(Cl)cc1Cl. The fourth-order valence-corrected chi connectivity index (χ4v) is 5.00. The van der Waals surface area contributed by atoms with Crippen molar-refractivity contribution in [1.29, 1.82) is 0 Å². The summed E-state index contributed by atoms with van der Waals surface area (Å²) < 4.78 is 32.7. The van der Waals surface area contributed by atoms with E-state index in [-0.39, 0.29) is 21.7 Å². The number of hydrogen-bond donors (Lipinski definition) is 1. The van der Waals surface area contributed by atoms with Crippen LogP contribution in [0.25, 0.3) is 0 Å². The first kappa shape index (κ1) is 20.2. The first-order valence-electron chi connectivity index (χ1n) is 8.54. The monoisotopic (exact) mass is 430 g/mol. The minimum atomic E-state index is -3.73. The van der Waals surface area contributed by atoms with Gasteiger partial charge in [-0.3, -0.25) is 4.79 Å². The molecule has 146 valence electrons. The average Bonchev–Trinajstić information content (AvgIpc) is 3.17. The van der Waals surface area contributed by atoms with Crippen LogP contribution in [0.4, 0.5) is 0 Å². The highest BCUT2D eigenvalue weighted by molar-refractivity contribution is 7.89. The number of likely N-dealkylation sites (tertiary alicyclic amines) is 1. The van der Waals surface area contributed by atoms with Crippen molar-refractivity contribution in [2.45, 2.75) is 24.7 Å². The minimum Gasteiger partial charge on any atom is -0.472 e. The summed E-state index contributed by atoms with van der Waals surface area (Å²) in [6, 6.07) is 4.55. The number of sulfonamides is 1. The molecule has 0 bridgehead atoms. The predicted molar refractivity (Wildman–Crippen MR) is 104 cm³/mol. The van der Waals surface area contributed by atoms with Crippen molar-refractivity contribution in [2.75, 3.05) is 19.6 Å². The maximum atomic E-state index is 12.6. The Bertz CT molecular complexity index is 921. The Morgan fingerprint density at radius 2 is 1.96 bits per heavy atom. The normalized spacial score (nSPS) is 15.9. The van der Waals surface area contributed by atoms with Crippen molar-refractivity contribution in [2.24, 2.45) is 5.92 Å². The van der Waals surface area contributed by atoms with Crippen LogP contribution in [0.15, 0.2) is 40.0 Å². The number of amides is 1. The van der Waals surface area contributed by atoms with Gasteiger partial charge in [0.25, 0.3) is 5.91 Å². The molecule has 27 heavy (non-hydrogen) atoms. The van der Waals surface area contributed by atoms with Gasteiger partial charge in [0, 0.05) is 24.7 Å². The van der Waals surface area contributed by atoms with Crippen molar-refractivity contribution in [3.8, 4) is 0 Å². The molecule has 3 rings (SSSR count). The van der Waals surface area contributed by atoms with Gasteiger partial charge in [0.1, 0.15) is 11.2 Å². The number of piperidine rings is 1. The summed E-state index contributed by atoms with van der Waals surface area (Å²) in [4.78, 5) is 14.1. The van der Waals surface area contributed by atoms with Crippen LogP contribution in [0.2, 0.25) is 10.0 Å². The molecule has 1 aromatic carbocycles. The molecule has 0 atom stereocenters. The fourth-order valence-electron chi connectivity index (χ4n) is 3.05. The van der Waals surface area contributed by atoms with Gasteiger partial charge in [0.15, 0.2) is 0 Å². The number of hydrogen-bond acceptors (Lipinski definition) is 4. The summed E-state index contributed by atoms with van der Waals surface area (Å²) in [5, 5.41) is 0.521. The summed E-state index contributed by atoms with van der Waals surface area (Å²) in [7, 11) is -3.73. The third kappa shape index (κ3) is 4.66. The average molecular weight is 431 g/mol. The highest BCUT2D eigenvalue weighted by Crippen LogP contribution is 2.28. The van der Waals surface area contributed by atoms with E-state index in [0.717, 1.165) is 12.8 Å². The number of nitrogens with one attached hydrogen (secondary N) is 1. The topological polar surface area (TPSA) is 79.6 Å². The molecule has 0 spiro atoms. The van der Waals surface area contributed by atoms with Gasteiger partial charge in [-0.1, -0.05) is 23.2 Å². The van der Waals surface area contributed by atoms with E-state index >= 15 is 0 Å². The second-order valence-electron chi connectivity index (χ2n) is 6.63. The molecule has 2 heterocycles. The predicted octanol–water partition coefficient (Wildman–Crippen LogP) is 3.73. The minimum absolute atomic E-state index is 0.0265. The lowest BCUT2D eigenvalue weighted by molar-refractivity contribution is 0.0691. The maximum absolute atomic E-state index is 12.6. The smallest absolute Gasteiger partial charge is 0.257 e. The van der Waals surface area contributed by atoms with Crippen LogP contribution >= 0.6 is 23.2 Å². The van der Waals surface area contributed by atoms with Crippen molar-refractivity contribution < 1.29 is 17.6 Å². The van der Waals surface area contributed by atoms with Gasteiger partial charge in [-0.15, -0.1) is 0 Å². The van der Waals surface area contributed by atoms with Crippen molar-refractivity contribution in [1.82, 2.24) is 9.62 Å². The summed E-state index contributed by atoms with van der Waals surface area (Å²) in [6.07, 6.45) is 4.34. The highest BCUT2D eigenvalue weighted by Gasteiger charge is 2.26. The number of furan rings is 1. The molecule has 1 N–H and O–H groups in total. The Balaban J connectivity index is 1.57. The van der Waals surface area contributed by atoms with Crippen LogP contribution < -0.4 is 4.72 Å². The molecule has 1 fully saturated rings. The molecule has 6 nitrogen and oxygen atoms in total. The van der Waals surface area contributed by atoms with E-state index in [4.69, 9.17) is 27.6 Å². The third-order valence-electron chi connectivity index (χ3n) is 4.73. The summed E-state index contributed by atoms with van der Waals surface area (Å²) in [5.74, 6) is 0.0894. The second-order valence-corrected chi connectivity index (χ2v) is 9.18. The summed E-state index contributed by atoms with van der Waals surface area (Å²) in [5.41, 5.74) is 1.18. The number of halogens is 2. The molecule has 1 saturated heterocycles. The summed E-state index contributed by atoms with van der Waals surface area (Å²) >= 11 is 12.0. The molecule has 0 saturated carbocycles. The Hall–Kier alpha value is -1.54. The molecular weight excluding hydrogens is 411 g/mol. The van der Waals surface area contributed by atoms with Crippen LogP contribution in [-0.2, 0) is 10.0 Å². The molecular formula is C18H20Cl2N2O4S. The molecule has 9 heteroatoms. The molecule has 0 radical (unpaired) electrons. The zero-order valence-corrected chi connectivity index (χ0v) is 17.1. The van der Waals surface area contributed by atoms with Gasteiger partial charge in [-0.05, 0) is 49.4 Å². The lowest BCUT2D eigenvalue weighted by Gasteiger charge is -2.31. The lowest BCUT2D eigenvalue weighted by Crippen LogP contribution is -2.41. The van der Waals surface area contributed by atoms with Crippen LogP contribution in [0, 0.1) is 12.8 Å². The van der Waals surface area contributed by atoms with Crippen LogP contribution in [0.1, 0.15) is 28.8 Å². The van der Waals surface area contributed by atoms with Crippen LogP contribution in [0.5, 0.6) is 0 Å². The standard InChI is InChI=1S/C18H20Cl2N2O4S/c1-12-8-17(16(20)9-15(12)19)27(24,25)21-10-13-2-5-22(6-3-13)18(23)14-4-7-26-11-14/h4,7-9,11,13,21H,2-3,5-6,10H2,1H3. The first-order valence-corrected chi connectivity index (χ1v) is 10.8. The molecule has 0 unspecified atom stereocenters. The Labute approximate surface area is 168 Å². The number of benzene rings is 1. The molecule has 1 amide bonds. The van der Waals surface area contributed by atoms with Crippen LogP contribution in [0.3, 0.4) is 0 Å². The Kier molecular flexibility index (Phi) is 6.15. The zero-order valence-electron chi connectivity index (χ0n) is 14.7. The number of nitrogens with zero attached hydrogens (tertiary/aromatic N) is 1. The molecule has 0 aliphatic carbocycles. The number of carbonyl (C=O) groups excluding carboxylic acids is 1. The quantitative estimate of drug-likeness (QED) is 0.783. The Morgan fingerprint density at radius 1 is 1.26 bits per heavy atom. The van der Waals surface area contributed by atoms with E-state index in [1.807, 2.05) is 0 Å². The van der Waals surface area contributed by atoms with E-state index < -0.39 is 10.0 Å². The van der Waals surface area contributed by atoms with Crippen molar-refractivity contribution in [3.63, 3.8) is 0 Å². The summed E-state index contributed by atoms with van der Waals surface area (Å²) in [6.45, 7) is 3.19. The van der Waals surface area contributed by atoms with Gasteiger partial charge >= 0.3 is 0 Å². The van der Waals surface area contributed by atoms with E-state index in [0.29, 0.717) is 35.8 Å². The van der Waals surface area contributed by atoms with E-state index in [2.05, 4.69) is 4.72 Å². The van der Waals surface area contributed by atoms with Crippen molar-refractivity contribution >= 4 is 39.1 Å². The van der Waals surface area contributed by atoms with E-state index in [1.165, 1.54) is 24.7 Å². The molecule has 1 aromatic heterocycles. The Morgan fingerprint density at radius 3 is 2.59 bits per heavy atom. The van der Waals surface area contributed by atoms with Gasteiger partial charge in [0.05, 0.1) is 16.8 Å². The highest BCUT2D eigenvalue weighted by atomic mass is 35.5. The second kappa shape index (κ2) is 8.22. The zero-order chi connectivity index (χ0) is 19.6. The fraction of sp³-hybridized carbons (Fsp3) is 0.389. The van der Waals surface area contributed by atoms with Gasteiger partial charge in [0.2, 0.25) is 10.0 Å². The van der Waals surface area contributed by atoms with Gasteiger partial charge in [-0.2, -0.15) is 0 Å². The largest absolute Gasteiger partial charge is 0.472 e. The van der Waals surface area contributed by atoms with Crippen molar-refractivity contribution in [3.05, 3.63) is 51.9 Å². The maximum Gasteiger partial charge on any atom is 0.257 e. The third-order valence-corrected chi connectivity index (χ3v) is 7.03. The number of rotatable bonds is 5. The number of carbonyl (C=O) groups is 1. The molecule has 1 aliphatic heterocycles. The van der Waals surface area contributed by atoms with Gasteiger partial charge in [-0.25, -0.2) is 13.1 Å². The first-order chi connectivity index (χ1) is 12.8. The van der Waals surface area contributed by atoms with E-state index in [9.17, 15) is 13.2 Å². The lowest BCUT2D eigenvalue weighted by atomic mass is 9.97. The van der Waals surface area contributed by atoms with Crippen LogP contribution in [-0.4, -0.2) is 38.9 Å².